The zero-order valence-electron chi connectivity index (χ0n) is 16.6. The van der Waals surface area contributed by atoms with E-state index in [1.807, 2.05) is 68.0 Å². The van der Waals surface area contributed by atoms with Crippen LogP contribution in [0.25, 0.3) is 0 Å². The predicted octanol–water partition coefficient (Wildman–Crippen LogP) is 4.07. The van der Waals surface area contributed by atoms with E-state index in [1.165, 1.54) is 0 Å². The van der Waals surface area contributed by atoms with Gasteiger partial charge < -0.3 is 9.80 Å². The van der Waals surface area contributed by atoms with E-state index in [1.54, 1.807) is 6.07 Å². The zero-order valence-corrected chi connectivity index (χ0v) is 16.6. The van der Waals surface area contributed by atoms with Crippen molar-refractivity contribution in [1.29, 1.82) is 0 Å². The standard InChI is InChI=1S/C21H30N4O/c1-6-7-13-24(5)21-22-17(4)14-19(23-21)20(26)25(16(2)3)15-18-11-9-8-10-12-18/h8-12,14,16H,6-7,13,15H2,1-5H3. The van der Waals surface area contributed by atoms with Gasteiger partial charge in [-0.1, -0.05) is 43.7 Å². The lowest BCUT2D eigenvalue weighted by molar-refractivity contribution is 0.0684. The largest absolute Gasteiger partial charge is 0.344 e. The van der Waals surface area contributed by atoms with Crippen LogP contribution < -0.4 is 4.90 Å². The molecule has 1 aromatic heterocycles. The number of rotatable bonds is 8. The Balaban J connectivity index is 2.26. The molecule has 26 heavy (non-hydrogen) atoms. The van der Waals surface area contributed by atoms with E-state index in [2.05, 4.69) is 16.9 Å². The minimum absolute atomic E-state index is 0.0560. The third-order valence-electron chi connectivity index (χ3n) is 4.33. The third kappa shape index (κ3) is 5.28. The maximum absolute atomic E-state index is 13.1. The van der Waals surface area contributed by atoms with E-state index in [4.69, 9.17) is 0 Å². The number of carbonyl (C=O) groups is 1. The van der Waals surface area contributed by atoms with Gasteiger partial charge >= 0.3 is 0 Å². The third-order valence-corrected chi connectivity index (χ3v) is 4.33. The summed E-state index contributed by atoms with van der Waals surface area (Å²) in [6.45, 7) is 9.58. The first-order valence-electron chi connectivity index (χ1n) is 9.34. The lowest BCUT2D eigenvalue weighted by Gasteiger charge is -2.27. The van der Waals surface area contributed by atoms with Gasteiger partial charge in [-0.15, -0.1) is 0 Å². The van der Waals surface area contributed by atoms with Crippen molar-refractivity contribution in [2.75, 3.05) is 18.5 Å². The summed E-state index contributed by atoms with van der Waals surface area (Å²) in [5, 5.41) is 0. The number of benzene rings is 1. The lowest BCUT2D eigenvalue weighted by atomic mass is 10.1. The molecule has 2 rings (SSSR count). The van der Waals surface area contributed by atoms with Crippen LogP contribution in [0.4, 0.5) is 5.95 Å². The number of unbranched alkanes of at least 4 members (excludes halogenated alkanes) is 1. The molecular formula is C21H30N4O. The Hall–Kier alpha value is -2.43. The number of nitrogens with zero attached hydrogens (tertiary/aromatic N) is 4. The van der Waals surface area contributed by atoms with Crippen LogP contribution in [0, 0.1) is 6.92 Å². The summed E-state index contributed by atoms with van der Waals surface area (Å²) in [7, 11) is 1.98. The van der Waals surface area contributed by atoms with Gasteiger partial charge in [-0.25, -0.2) is 9.97 Å². The van der Waals surface area contributed by atoms with Gasteiger partial charge in [-0.3, -0.25) is 4.79 Å². The number of aromatic nitrogens is 2. The molecule has 0 atom stereocenters. The Kier molecular flexibility index (Phi) is 7.13. The first-order valence-corrected chi connectivity index (χ1v) is 9.34. The molecular weight excluding hydrogens is 324 g/mol. The highest BCUT2D eigenvalue weighted by atomic mass is 16.2. The van der Waals surface area contributed by atoms with Crippen molar-refractivity contribution in [3.8, 4) is 0 Å². The second kappa shape index (κ2) is 9.32. The van der Waals surface area contributed by atoms with Crippen LogP contribution in [-0.2, 0) is 6.54 Å². The van der Waals surface area contributed by atoms with Crippen molar-refractivity contribution < 1.29 is 4.79 Å². The minimum Gasteiger partial charge on any atom is -0.344 e. The molecule has 1 amide bonds. The highest BCUT2D eigenvalue weighted by Crippen LogP contribution is 2.15. The van der Waals surface area contributed by atoms with Gasteiger partial charge in [-0.2, -0.15) is 0 Å². The molecule has 0 spiro atoms. The molecule has 5 heteroatoms. The summed E-state index contributed by atoms with van der Waals surface area (Å²) in [6, 6.07) is 11.9. The minimum atomic E-state index is -0.0560. The average Bonchev–Trinajstić information content (AvgIpc) is 2.63. The van der Waals surface area contributed by atoms with Gasteiger partial charge in [0.25, 0.3) is 5.91 Å². The average molecular weight is 354 g/mol. The first kappa shape index (κ1) is 19.9. The van der Waals surface area contributed by atoms with Crippen molar-refractivity contribution in [2.24, 2.45) is 0 Å². The SMILES string of the molecule is CCCCN(C)c1nc(C)cc(C(=O)N(Cc2ccccc2)C(C)C)n1. The molecule has 0 N–H and O–H groups in total. The second-order valence-electron chi connectivity index (χ2n) is 6.98. The Bertz CT molecular complexity index is 715. The van der Waals surface area contributed by atoms with Crippen LogP contribution >= 0.6 is 0 Å². The molecule has 0 saturated carbocycles. The molecule has 0 bridgehead atoms. The van der Waals surface area contributed by atoms with E-state index >= 15 is 0 Å². The summed E-state index contributed by atoms with van der Waals surface area (Å²) < 4.78 is 0. The summed E-state index contributed by atoms with van der Waals surface area (Å²) in [5.41, 5.74) is 2.38. The van der Waals surface area contributed by atoms with Crippen molar-refractivity contribution in [1.82, 2.24) is 14.9 Å². The summed E-state index contributed by atoms with van der Waals surface area (Å²) in [4.78, 5) is 26.1. The Morgan fingerprint density at radius 3 is 2.46 bits per heavy atom. The highest BCUT2D eigenvalue weighted by Gasteiger charge is 2.22. The molecule has 0 aliphatic carbocycles. The molecule has 5 nitrogen and oxygen atoms in total. The molecule has 0 aliphatic rings. The molecule has 0 radical (unpaired) electrons. The fourth-order valence-corrected chi connectivity index (χ4v) is 2.74. The number of amides is 1. The Morgan fingerprint density at radius 1 is 1.15 bits per heavy atom. The quantitative estimate of drug-likeness (QED) is 0.717. The number of hydrogen-bond donors (Lipinski definition) is 0. The zero-order chi connectivity index (χ0) is 19.1. The van der Waals surface area contributed by atoms with Crippen LogP contribution in [0.2, 0.25) is 0 Å². The number of carbonyl (C=O) groups excluding carboxylic acids is 1. The second-order valence-corrected chi connectivity index (χ2v) is 6.98. The first-order chi connectivity index (χ1) is 12.4. The molecule has 2 aromatic rings. The van der Waals surface area contributed by atoms with E-state index in [-0.39, 0.29) is 11.9 Å². The Morgan fingerprint density at radius 2 is 1.85 bits per heavy atom. The van der Waals surface area contributed by atoms with Crippen molar-refractivity contribution in [3.63, 3.8) is 0 Å². The molecule has 140 valence electrons. The van der Waals surface area contributed by atoms with Gasteiger partial charge in [-0.05, 0) is 38.8 Å². The van der Waals surface area contributed by atoms with Crippen molar-refractivity contribution in [2.45, 2.75) is 53.1 Å². The topological polar surface area (TPSA) is 49.3 Å². The molecule has 1 heterocycles. The van der Waals surface area contributed by atoms with Gasteiger partial charge in [0, 0.05) is 31.9 Å². The summed E-state index contributed by atoms with van der Waals surface area (Å²) >= 11 is 0. The van der Waals surface area contributed by atoms with Crippen LogP contribution in [0.5, 0.6) is 0 Å². The molecule has 0 saturated heterocycles. The van der Waals surface area contributed by atoms with Gasteiger partial charge in [0.05, 0.1) is 0 Å². The van der Waals surface area contributed by atoms with E-state index in [0.717, 1.165) is 30.6 Å². The highest BCUT2D eigenvalue weighted by molar-refractivity contribution is 5.92. The normalized spacial score (nSPS) is 10.8. The monoisotopic (exact) mass is 354 g/mol. The van der Waals surface area contributed by atoms with E-state index in [9.17, 15) is 4.79 Å². The summed E-state index contributed by atoms with van der Waals surface area (Å²) in [6.07, 6.45) is 2.18. The number of aryl methyl sites for hydroxylation is 1. The van der Waals surface area contributed by atoms with Crippen molar-refractivity contribution in [3.05, 3.63) is 53.3 Å². The molecule has 0 aliphatic heterocycles. The lowest BCUT2D eigenvalue weighted by Crippen LogP contribution is -2.37. The summed E-state index contributed by atoms with van der Waals surface area (Å²) in [5.74, 6) is 0.560. The van der Waals surface area contributed by atoms with Crippen molar-refractivity contribution >= 4 is 11.9 Å². The van der Waals surface area contributed by atoms with Crippen LogP contribution in [-0.4, -0.2) is 40.4 Å². The molecule has 1 aromatic carbocycles. The molecule has 0 unspecified atom stereocenters. The van der Waals surface area contributed by atoms with E-state index in [0.29, 0.717) is 18.2 Å². The van der Waals surface area contributed by atoms with Gasteiger partial charge in [0.1, 0.15) is 5.69 Å². The molecule has 0 fully saturated rings. The fraction of sp³-hybridized carbons (Fsp3) is 0.476. The van der Waals surface area contributed by atoms with E-state index < -0.39 is 0 Å². The van der Waals surface area contributed by atoms with Gasteiger partial charge in [0.15, 0.2) is 0 Å². The van der Waals surface area contributed by atoms with Crippen LogP contribution in [0.1, 0.15) is 55.4 Å². The predicted molar refractivity (Wildman–Crippen MR) is 106 cm³/mol. The number of hydrogen-bond acceptors (Lipinski definition) is 4. The smallest absolute Gasteiger partial charge is 0.273 e. The van der Waals surface area contributed by atoms with Gasteiger partial charge in [0.2, 0.25) is 5.95 Å². The maximum atomic E-state index is 13.1. The van der Waals surface area contributed by atoms with Crippen LogP contribution in [0.3, 0.4) is 0 Å². The maximum Gasteiger partial charge on any atom is 0.273 e. The Labute approximate surface area is 157 Å². The van der Waals surface area contributed by atoms with Crippen LogP contribution in [0.15, 0.2) is 36.4 Å². The number of anilines is 1. The fourth-order valence-electron chi connectivity index (χ4n) is 2.74.